The van der Waals surface area contributed by atoms with Crippen molar-refractivity contribution in [3.05, 3.63) is 35.2 Å². The summed E-state index contributed by atoms with van der Waals surface area (Å²) < 4.78 is 4.58. The number of hydrogen-bond acceptors (Lipinski definition) is 2. The zero-order valence-electron chi connectivity index (χ0n) is 7.22. The fraction of sp³-hybridized carbons (Fsp3) is 0.111. The van der Waals surface area contributed by atoms with Crippen molar-refractivity contribution in [2.45, 2.75) is 0 Å². The maximum absolute atomic E-state index is 11.0. The Labute approximate surface area is 92.0 Å². The molecule has 0 unspecified atom stereocenters. The van der Waals surface area contributed by atoms with Crippen LogP contribution in [0.1, 0.15) is 0 Å². The summed E-state index contributed by atoms with van der Waals surface area (Å²) in [4.78, 5) is 11.0. The van der Waals surface area contributed by atoms with E-state index in [1.54, 1.807) is 18.2 Å². The van der Waals surface area contributed by atoms with Crippen molar-refractivity contribution in [3.63, 3.8) is 0 Å². The highest BCUT2D eigenvalue weighted by molar-refractivity contribution is 6.39. The van der Waals surface area contributed by atoms with Crippen LogP contribution < -0.4 is 5.32 Å². The molecule has 3 nitrogen and oxygen atoms in total. The molecule has 0 heterocycles. The molecule has 0 aliphatic rings. The molecule has 5 heteroatoms. The summed E-state index contributed by atoms with van der Waals surface area (Å²) in [5, 5.41) is 3.13. The number of hydrogen-bond donors (Lipinski definition) is 1. The highest BCUT2D eigenvalue weighted by atomic mass is 35.5. The second-order valence-electron chi connectivity index (χ2n) is 2.36. The first-order valence-corrected chi connectivity index (χ1v) is 4.57. The number of carbonyl (C=O) groups is 1. The van der Waals surface area contributed by atoms with Crippen LogP contribution in [0.2, 0.25) is 10.0 Å². The van der Waals surface area contributed by atoms with Crippen molar-refractivity contribution in [1.29, 1.82) is 0 Å². The highest BCUT2D eigenvalue weighted by Crippen LogP contribution is 2.29. The molecular weight excluding hydrogens is 225 g/mol. The molecular formula is C9H8Cl2NO2. The van der Waals surface area contributed by atoms with Gasteiger partial charge in [-0.1, -0.05) is 29.3 Å². The molecule has 0 aliphatic heterocycles. The van der Waals surface area contributed by atoms with Crippen LogP contribution in [0.5, 0.6) is 0 Å². The Kier molecular flexibility index (Phi) is 4.04. The second-order valence-corrected chi connectivity index (χ2v) is 3.17. The van der Waals surface area contributed by atoms with E-state index in [2.05, 4.69) is 17.0 Å². The van der Waals surface area contributed by atoms with Gasteiger partial charge in [0.2, 0.25) is 0 Å². The van der Waals surface area contributed by atoms with Gasteiger partial charge >= 0.3 is 6.09 Å². The summed E-state index contributed by atoms with van der Waals surface area (Å²) in [6, 6.07) is 4.92. The Morgan fingerprint density at radius 2 is 2.00 bits per heavy atom. The fourth-order valence-electron chi connectivity index (χ4n) is 0.848. The lowest BCUT2D eigenvalue weighted by Gasteiger charge is -2.08. The first kappa shape index (κ1) is 11.1. The van der Waals surface area contributed by atoms with Crippen molar-refractivity contribution >= 4 is 35.0 Å². The van der Waals surface area contributed by atoms with E-state index in [1.807, 2.05) is 0 Å². The molecule has 0 saturated heterocycles. The standard InChI is InChI=1S/C9H8Cl2NO2/c1-2-14-9(13)12-8-6(10)4-3-5-7(8)11/h3-5H,1-2H2,(H,12,13). The van der Waals surface area contributed by atoms with Crippen LogP contribution in [0.3, 0.4) is 0 Å². The van der Waals surface area contributed by atoms with Crippen molar-refractivity contribution in [1.82, 2.24) is 0 Å². The number of carbonyl (C=O) groups excluding carboxylic acids is 1. The number of amides is 1. The molecule has 1 amide bonds. The van der Waals surface area contributed by atoms with Gasteiger partial charge in [-0.25, -0.2) is 4.79 Å². The second kappa shape index (κ2) is 5.08. The molecule has 0 saturated carbocycles. The van der Waals surface area contributed by atoms with Crippen LogP contribution >= 0.6 is 23.2 Å². The van der Waals surface area contributed by atoms with Crippen LogP contribution in [-0.4, -0.2) is 12.7 Å². The lowest BCUT2D eigenvalue weighted by Crippen LogP contribution is -2.13. The van der Waals surface area contributed by atoms with E-state index in [1.165, 1.54) is 0 Å². The molecule has 1 aromatic rings. The number of halogens is 2. The highest BCUT2D eigenvalue weighted by Gasteiger charge is 2.09. The normalized spacial score (nSPS) is 9.64. The van der Waals surface area contributed by atoms with Crippen molar-refractivity contribution in [2.75, 3.05) is 11.9 Å². The molecule has 0 aromatic heterocycles. The average Bonchev–Trinajstić information content (AvgIpc) is 2.12. The average molecular weight is 233 g/mol. The van der Waals surface area contributed by atoms with E-state index < -0.39 is 6.09 Å². The molecule has 0 fully saturated rings. The Morgan fingerprint density at radius 1 is 1.43 bits per heavy atom. The minimum Gasteiger partial charge on any atom is -0.449 e. The lowest BCUT2D eigenvalue weighted by molar-refractivity contribution is 0.173. The zero-order valence-corrected chi connectivity index (χ0v) is 8.73. The monoisotopic (exact) mass is 232 g/mol. The first-order chi connectivity index (χ1) is 6.65. The number of benzene rings is 1. The predicted octanol–water partition coefficient (Wildman–Crippen LogP) is 3.38. The van der Waals surface area contributed by atoms with Gasteiger partial charge < -0.3 is 4.74 Å². The summed E-state index contributed by atoms with van der Waals surface area (Å²) in [5.74, 6) is 0. The smallest absolute Gasteiger partial charge is 0.411 e. The maximum atomic E-state index is 11.0. The molecule has 14 heavy (non-hydrogen) atoms. The third-order valence-corrected chi connectivity index (χ3v) is 2.05. The van der Waals surface area contributed by atoms with Gasteiger partial charge in [-0.3, -0.25) is 5.32 Å². The van der Waals surface area contributed by atoms with Gasteiger partial charge in [0.05, 0.1) is 22.3 Å². The minimum atomic E-state index is -0.630. The summed E-state index contributed by atoms with van der Waals surface area (Å²) >= 11 is 11.6. The third-order valence-electron chi connectivity index (χ3n) is 1.42. The number of anilines is 1. The van der Waals surface area contributed by atoms with Crippen molar-refractivity contribution in [2.24, 2.45) is 0 Å². The molecule has 75 valence electrons. The molecule has 1 rings (SSSR count). The Hall–Kier alpha value is -0.930. The van der Waals surface area contributed by atoms with E-state index in [9.17, 15) is 4.79 Å². The van der Waals surface area contributed by atoms with Crippen molar-refractivity contribution < 1.29 is 9.53 Å². The van der Waals surface area contributed by atoms with Gasteiger partial charge in [0.15, 0.2) is 0 Å². The van der Waals surface area contributed by atoms with Gasteiger partial charge in [-0.05, 0) is 19.1 Å². The van der Waals surface area contributed by atoms with E-state index in [4.69, 9.17) is 23.2 Å². The predicted molar refractivity (Wildman–Crippen MR) is 56.8 cm³/mol. The molecule has 1 radical (unpaired) electrons. The number of rotatable bonds is 2. The van der Waals surface area contributed by atoms with E-state index in [0.717, 1.165) is 0 Å². The first-order valence-electron chi connectivity index (χ1n) is 3.82. The number of ether oxygens (including phenoxy) is 1. The molecule has 0 spiro atoms. The van der Waals surface area contributed by atoms with Crippen LogP contribution in [0.15, 0.2) is 18.2 Å². The molecule has 1 N–H and O–H groups in total. The largest absolute Gasteiger partial charge is 0.449 e. The minimum absolute atomic E-state index is 0.0495. The van der Waals surface area contributed by atoms with E-state index in [-0.39, 0.29) is 6.61 Å². The summed E-state index contributed by atoms with van der Waals surface area (Å²) in [7, 11) is 0. The van der Waals surface area contributed by atoms with Gasteiger partial charge in [-0.15, -0.1) is 0 Å². The summed E-state index contributed by atoms with van der Waals surface area (Å²) in [6.45, 7) is 3.41. The van der Waals surface area contributed by atoms with Gasteiger partial charge in [0.25, 0.3) is 0 Å². The summed E-state index contributed by atoms with van der Waals surface area (Å²) in [6.07, 6.45) is -0.630. The zero-order chi connectivity index (χ0) is 10.6. The SMILES string of the molecule is [CH2]COC(=O)Nc1c(Cl)cccc1Cl. The number of para-hydroxylation sites is 1. The number of nitrogens with one attached hydrogen (secondary N) is 1. The van der Waals surface area contributed by atoms with Gasteiger partial charge in [0.1, 0.15) is 0 Å². The molecule has 0 bridgehead atoms. The Bertz CT molecular complexity index is 321. The van der Waals surface area contributed by atoms with Crippen LogP contribution in [0, 0.1) is 6.92 Å². The molecule has 0 atom stereocenters. The van der Waals surface area contributed by atoms with Gasteiger partial charge in [-0.2, -0.15) is 0 Å². The Morgan fingerprint density at radius 3 is 2.50 bits per heavy atom. The summed E-state index contributed by atoms with van der Waals surface area (Å²) in [5.41, 5.74) is 0.342. The van der Waals surface area contributed by atoms with Crippen LogP contribution in [0.25, 0.3) is 0 Å². The van der Waals surface area contributed by atoms with Gasteiger partial charge in [0, 0.05) is 0 Å². The van der Waals surface area contributed by atoms with Crippen LogP contribution in [-0.2, 0) is 4.74 Å². The molecule has 1 aromatic carbocycles. The fourth-order valence-corrected chi connectivity index (χ4v) is 1.34. The topological polar surface area (TPSA) is 38.3 Å². The van der Waals surface area contributed by atoms with Crippen molar-refractivity contribution in [3.8, 4) is 0 Å². The maximum Gasteiger partial charge on any atom is 0.411 e. The van der Waals surface area contributed by atoms with Crippen LogP contribution in [0.4, 0.5) is 10.5 Å². The van der Waals surface area contributed by atoms with E-state index >= 15 is 0 Å². The molecule has 0 aliphatic carbocycles. The third kappa shape index (κ3) is 2.79. The lowest BCUT2D eigenvalue weighted by atomic mass is 10.3. The Balaban J connectivity index is 2.80. The quantitative estimate of drug-likeness (QED) is 0.850. The van der Waals surface area contributed by atoms with E-state index in [0.29, 0.717) is 15.7 Å².